The van der Waals surface area contributed by atoms with E-state index in [1.165, 1.54) is 0 Å². The Morgan fingerprint density at radius 1 is 1.30 bits per heavy atom. The molecule has 0 aromatic heterocycles. The molecule has 1 spiro atoms. The average molecular weight is 316 g/mol. The summed E-state index contributed by atoms with van der Waals surface area (Å²) in [5.41, 5.74) is 0.666. The van der Waals surface area contributed by atoms with Crippen molar-refractivity contribution in [3.8, 4) is 0 Å². The average Bonchev–Trinajstić information content (AvgIpc) is 2.76. The van der Waals surface area contributed by atoms with E-state index in [9.17, 15) is 9.59 Å². The summed E-state index contributed by atoms with van der Waals surface area (Å²) < 4.78 is 5.90. The first-order valence-corrected chi connectivity index (χ1v) is 8.34. The third-order valence-electron chi connectivity index (χ3n) is 4.93. The van der Waals surface area contributed by atoms with Crippen molar-refractivity contribution in [1.29, 1.82) is 0 Å². The van der Waals surface area contributed by atoms with Gasteiger partial charge in [-0.05, 0) is 31.7 Å². The van der Waals surface area contributed by atoms with E-state index in [1.54, 1.807) is 0 Å². The normalized spacial score (nSPS) is 26.5. The molecule has 2 atom stereocenters. The molecule has 0 aliphatic carbocycles. The summed E-state index contributed by atoms with van der Waals surface area (Å²) >= 11 is 0. The predicted molar refractivity (Wildman–Crippen MR) is 87.0 cm³/mol. The molecule has 2 heterocycles. The Morgan fingerprint density at radius 3 is 2.87 bits per heavy atom. The van der Waals surface area contributed by atoms with Crippen LogP contribution in [0.1, 0.15) is 37.7 Å². The largest absolute Gasteiger partial charge is 0.363 e. The van der Waals surface area contributed by atoms with Crippen LogP contribution in [0.2, 0.25) is 0 Å². The van der Waals surface area contributed by atoms with Crippen molar-refractivity contribution in [3.63, 3.8) is 0 Å². The fourth-order valence-corrected chi connectivity index (χ4v) is 3.54. The van der Waals surface area contributed by atoms with Gasteiger partial charge in [-0.15, -0.1) is 0 Å². The van der Waals surface area contributed by atoms with Gasteiger partial charge in [0.15, 0.2) is 0 Å². The Morgan fingerprint density at radius 2 is 2.09 bits per heavy atom. The Balaban J connectivity index is 1.70. The fourth-order valence-electron chi connectivity index (χ4n) is 3.54. The fraction of sp³-hybridized carbons (Fsp3) is 0.556. The molecular formula is C18H24N2O3. The summed E-state index contributed by atoms with van der Waals surface area (Å²) in [7, 11) is 0. The lowest BCUT2D eigenvalue weighted by molar-refractivity contribution is -0.146. The highest BCUT2D eigenvalue weighted by Crippen LogP contribution is 2.31. The number of nitrogens with zero attached hydrogens (tertiary/aromatic N) is 1. The maximum absolute atomic E-state index is 12.9. The molecule has 1 aromatic carbocycles. The van der Waals surface area contributed by atoms with Gasteiger partial charge in [0.1, 0.15) is 6.61 Å². The summed E-state index contributed by atoms with van der Waals surface area (Å²) in [5, 5.41) is 2.84. The second-order valence-electron chi connectivity index (χ2n) is 6.57. The van der Waals surface area contributed by atoms with E-state index in [0.717, 1.165) is 31.4 Å². The molecule has 2 fully saturated rings. The third-order valence-corrected chi connectivity index (χ3v) is 4.93. The van der Waals surface area contributed by atoms with Crippen LogP contribution < -0.4 is 5.32 Å². The van der Waals surface area contributed by atoms with E-state index in [1.807, 2.05) is 42.2 Å². The Labute approximate surface area is 137 Å². The maximum Gasteiger partial charge on any atom is 0.246 e. The van der Waals surface area contributed by atoms with Crippen LogP contribution in [-0.4, -0.2) is 48.6 Å². The number of hydrogen-bond acceptors (Lipinski definition) is 3. The van der Waals surface area contributed by atoms with Gasteiger partial charge in [-0.2, -0.15) is 0 Å². The van der Waals surface area contributed by atoms with Crippen molar-refractivity contribution in [2.24, 2.45) is 0 Å². The number of nitrogens with one attached hydrogen (secondary N) is 1. The molecule has 2 amide bonds. The van der Waals surface area contributed by atoms with Crippen LogP contribution in [0.15, 0.2) is 30.3 Å². The van der Waals surface area contributed by atoms with Crippen LogP contribution >= 0.6 is 0 Å². The van der Waals surface area contributed by atoms with Crippen LogP contribution in [0.3, 0.4) is 0 Å². The van der Waals surface area contributed by atoms with E-state index in [-0.39, 0.29) is 29.9 Å². The minimum atomic E-state index is -0.372. The number of amides is 2. The lowest BCUT2D eigenvalue weighted by Gasteiger charge is -2.42. The molecule has 3 rings (SSSR count). The topological polar surface area (TPSA) is 58.6 Å². The quantitative estimate of drug-likeness (QED) is 0.903. The summed E-state index contributed by atoms with van der Waals surface area (Å²) in [5.74, 6) is -0.0812. The highest BCUT2D eigenvalue weighted by Gasteiger charge is 2.40. The van der Waals surface area contributed by atoms with Crippen molar-refractivity contribution in [1.82, 2.24) is 10.2 Å². The molecule has 2 unspecified atom stereocenters. The summed E-state index contributed by atoms with van der Waals surface area (Å²) in [6.07, 6.45) is 2.59. The van der Waals surface area contributed by atoms with Crippen LogP contribution in [-0.2, 0) is 14.3 Å². The minimum absolute atomic E-state index is 0.0667. The summed E-state index contributed by atoms with van der Waals surface area (Å²) in [4.78, 5) is 26.3. The first-order chi connectivity index (χ1) is 11.1. The van der Waals surface area contributed by atoms with E-state index < -0.39 is 0 Å². The van der Waals surface area contributed by atoms with Crippen LogP contribution in [0, 0.1) is 0 Å². The number of carbonyl (C=O) groups is 2. The number of benzene rings is 1. The van der Waals surface area contributed by atoms with Gasteiger partial charge >= 0.3 is 0 Å². The van der Waals surface area contributed by atoms with Gasteiger partial charge in [0, 0.05) is 19.6 Å². The number of likely N-dealkylation sites (tertiary alicyclic amines) is 1. The van der Waals surface area contributed by atoms with E-state index in [2.05, 4.69) is 5.32 Å². The van der Waals surface area contributed by atoms with Crippen molar-refractivity contribution < 1.29 is 14.3 Å². The van der Waals surface area contributed by atoms with E-state index in [0.29, 0.717) is 13.1 Å². The SMILES string of the molecule is CC(C(=O)N1CCCC2(CCNC(=O)CO2)C1)c1ccccc1. The smallest absolute Gasteiger partial charge is 0.246 e. The Bertz CT molecular complexity index is 575. The van der Waals surface area contributed by atoms with Crippen LogP contribution in [0.4, 0.5) is 0 Å². The zero-order valence-corrected chi connectivity index (χ0v) is 13.6. The monoisotopic (exact) mass is 316 g/mol. The molecule has 1 N–H and O–H groups in total. The molecule has 2 aliphatic rings. The second kappa shape index (κ2) is 6.71. The van der Waals surface area contributed by atoms with Gasteiger partial charge < -0.3 is 15.0 Å². The molecule has 2 saturated heterocycles. The zero-order valence-electron chi connectivity index (χ0n) is 13.6. The zero-order chi connectivity index (χ0) is 16.3. The van der Waals surface area contributed by atoms with Crippen molar-refractivity contribution >= 4 is 11.8 Å². The molecule has 5 nitrogen and oxygen atoms in total. The van der Waals surface area contributed by atoms with Gasteiger partial charge in [0.2, 0.25) is 11.8 Å². The number of piperidine rings is 1. The number of rotatable bonds is 2. The molecule has 0 radical (unpaired) electrons. The number of carbonyl (C=O) groups excluding carboxylic acids is 2. The summed E-state index contributed by atoms with van der Waals surface area (Å²) in [6, 6.07) is 9.87. The molecule has 23 heavy (non-hydrogen) atoms. The predicted octanol–water partition coefficient (Wildman–Crippen LogP) is 1.69. The van der Waals surface area contributed by atoms with Crippen molar-refractivity contribution in [2.75, 3.05) is 26.2 Å². The van der Waals surface area contributed by atoms with Gasteiger partial charge in [-0.1, -0.05) is 30.3 Å². The summed E-state index contributed by atoms with van der Waals surface area (Å²) in [6.45, 7) is 4.02. The highest BCUT2D eigenvalue weighted by molar-refractivity contribution is 5.83. The number of ether oxygens (including phenoxy) is 1. The highest BCUT2D eigenvalue weighted by atomic mass is 16.5. The molecule has 124 valence electrons. The van der Waals surface area contributed by atoms with E-state index >= 15 is 0 Å². The van der Waals surface area contributed by atoms with Gasteiger partial charge in [-0.3, -0.25) is 9.59 Å². The Kier molecular flexibility index (Phi) is 4.66. The van der Waals surface area contributed by atoms with Gasteiger partial charge in [0.25, 0.3) is 0 Å². The lowest BCUT2D eigenvalue weighted by atomic mass is 9.88. The first-order valence-electron chi connectivity index (χ1n) is 8.34. The Hall–Kier alpha value is -1.88. The maximum atomic E-state index is 12.9. The van der Waals surface area contributed by atoms with E-state index in [4.69, 9.17) is 4.74 Å². The standard InChI is InChI=1S/C18H24N2O3/c1-14(15-6-3-2-4-7-15)17(22)20-11-5-8-18(13-20)9-10-19-16(21)12-23-18/h2-4,6-7,14H,5,8-13H2,1H3,(H,19,21). The molecule has 1 aromatic rings. The first kappa shape index (κ1) is 16.0. The molecule has 0 saturated carbocycles. The third kappa shape index (κ3) is 3.55. The van der Waals surface area contributed by atoms with Crippen LogP contribution in [0.25, 0.3) is 0 Å². The van der Waals surface area contributed by atoms with Gasteiger partial charge in [-0.25, -0.2) is 0 Å². The van der Waals surface area contributed by atoms with Crippen molar-refractivity contribution in [2.45, 2.75) is 37.7 Å². The molecule has 2 aliphatic heterocycles. The molecule has 5 heteroatoms. The minimum Gasteiger partial charge on any atom is -0.363 e. The lowest BCUT2D eigenvalue weighted by Crippen LogP contribution is -2.52. The second-order valence-corrected chi connectivity index (χ2v) is 6.57. The molecule has 0 bridgehead atoms. The van der Waals surface area contributed by atoms with Gasteiger partial charge in [0.05, 0.1) is 11.5 Å². The van der Waals surface area contributed by atoms with Crippen LogP contribution in [0.5, 0.6) is 0 Å². The van der Waals surface area contributed by atoms with Crippen molar-refractivity contribution in [3.05, 3.63) is 35.9 Å². The number of hydrogen-bond donors (Lipinski definition) is 1. The molecular weight excluding hydrogens is 292 g/mol.